The molecule has 41 heavy (non-hydrogen) atoms. The first kappa shape index (κ1) is 32.0. The number of anilines is 1. The molecule has 0 saturated heterocycles. The lowest BCUT2D eigenvalue weighted by Gasteiger charge is -2.31. The number of pyridine rings is 1. The van der Waals surface area contributed by atoms with E-state index >= 15 is 0 Å². The number of hydrogen-bond donors (Lipinski definition) is 2. The van der Waals surface area contributed by atoms with Crippen molar-refractivity contribution < 1.29 is 27.9 Å². The number of rotatable bonds is 8. The number of carboxylic acid groups (broad SMARTS) is 1. The third-order valence-corrected chi connectivity index (χ3v) is 8.70. The summed E-state index contributed by atoms with van der Waals surface area (Å²) >= 11 is 6.01. The van der Waals surface area contributed by atoms with Gasteiger partial charge in [0.05, 0.1) is 10.6 Å². The Morgan fingerprint density at radius 3 is 2.05 bits per heavy atom. The maximum Gasteiger partial charge on any atom is 0.416 e. The lowest BCUT2D eigenvalue weighted by Crippen LogP contribution is -2.48. The lowest BCUT2D eigenvalue weighted by molar-refractivity contribution is -0.135. The van der Waals surface area contributed by atoms with E-state index in [0.29, 0.717) is 10.6 Å². The van der Waals surface area contributed by atoms with Crippen LogP contribution in [-0.4, -0.2) is 42.7 Å². The number of halogens is 1. The van der Waals surface area contributed by atoms with Crippen LogP contribution in [0, 0.1) is 0 Å². The van der Waals surface area contributed by atoms with Crippen molar-refractivity contribution in [3.05, 3.63) is 88.6 Å². The van der Waals surface area contributed by atoms with Gasteiger partial charge in [-0.05, 0) is 73.7 Å². The first-order valence-corrected chi connectivity index (χ1v) is 14.8. The van der Waals surface area contributed by atoms with E-state index in [1.165, 1.54) is 42.5 Å². The molecular formula is C30H36ClN3O6S. The van der Waals surface area contributed by atoms with Crippen LogP contribution in [0.3, 0.4) is 0 Å². The smallest absolute Gasteiger partial charge is 0.416 e. The molecule has 3 aromatic rings. The van der Waals surface area contributed by atoms with Gasteiger partial charge in [-0.25, -0.2) is 18.2 Å². The van der Waals surface area contributed by atoms with Crippen LogP contribution in [0.2, 0.25) is 5.02 Å². The van der Waals surface area contributed by atoms with Crippen molar-refractivity contribution in [2.24, 2.45) is 5.73 Å². The highest BCUT2D eigenvalue weighted by molar-refractivity contribution is 7.92. The van der Waals surface area contributed by atoms with Gasteiger partial charge in [0.15, 0.2) is 4.87 Å². The molecule has 0 radical (unpaired) electrons. The van der Waals surface area contributed by atoms with Crippen LogP contribution in [0.1, 0.15) is 58.4 Å². The molecule has 1 amide bonds. The molecule has 0 aliphatic rings. The summed E-state index contributed by atoms with van der Waals surface area (Å²) in [7, 11) is -4.32. The van der Waals surface area contributed by atoms with Gasteiger partial charge in [0.2, 0.25) is 9.84 Å². The Labute approximate surface area is 246 Å². The number of carboxylic acids is 1. The second-order valence-corrected chi connectivity index (χ2v) is 14.5. The number of aliphatic carboxylic acids is 1. The van der Waals surface area contributed by atoms with Crippen molar-refractivity contribution in [3.63, 3.8) is 0 Å². The summed E-state index contributed by atoms with van der Waals surface area (Å²) in [5.41, 5.74) is 7.43. The SMILES string of the molecule is CC(C)(C)OC(=O)N(CC(=O)O)c1cccc(C(N)(Cc2ccc(C(C)(C)C)cc2)S(=O)(=O)c2ccc(Cl)cc2)n1. The Bertz CT molecular complexity index is 1510. The van der Waals surface area contributed by atoms with Crippen LogP contribution >= 0.6 is 11.6 Å². The van der Waals surface area contributed by atoms with Crippen LogP contribution in [-0.2, 0) is 36.1 Å². The number of ether oxygens (including phenoxy) is 1. The number of nitrogens with zero attached hydrogens (tertiary/aromatic N) is 2. The van der Waals surface area contributed by atoms with Gasteiger partial charge in [0.1, 0.15) is 18.0 Å². The third-order valence-electron chi connectivity index (χ3n) is 6.24. The van der Waals surface area contributed by atoms with Crippen LogP contribution in [0.4, 0.5) is 10.6 Å². The van der Waals surface area contributed by atoms with Crippen LogP contribution in [0.15, 0.2) is 71.6 Å². The summed E-state index contributed by atoms with van der Waals surface area (Å²) in [5, 5.41) is 9.84. The minimum Gasteiger partial charge on any atom is -0.480 e. The molecule has 9 nitrogen and oxygen atoms in total. The standard InChI is InChI=1S/C30H36ClN3O6S/c1-28(2,3)21-12-10-20(11-13-21)18-30(32,41(38,39)23-16-14-22(31)15-17-23)24-8-7-9-25(33-24)34(19-26(35)36)27(37)40-29(4,5)6/h7-17H,18-19,32H2,1-6H3,(H,35,36). The summed E-state index contributed by atoms with van der Waals surface area (Å²) in [5.74, 6) is -1.43. The Balaban J connectivity index is 2.19. The molecule has 0 fully saturated rings. The van der Waals surface area contributed by atoms with Gasteiger partial charge in [-0.1, -0.05) is 62.7 Å². The average Bonchev–Trinajstić information content (AvgIpc) is 2.86. The first-order valence-electron chi connectivity index (χ1n) is 12.9. The summed E-state index contributed by atoms with van der Waals surface area (Å²) in [4.78, 5) is 27.7. The minimum atomic E-state index is -4.32. The third kappa shape index (κ3) is 7.63. The Morgan fingerprint density at radius 1 is 0.951 bits per heavy atom. The van der Waals surface area contributed by atoms with E-state index < -0.39 is 38.9 Å². The summed E-state index contributed by atoms with van der Waals surface area (Å²) in [6, 6.07) is 17.4. The van der Waals surface area contributed by atoms with Crippen molar-refractivity contribution in [1.29, 1.82) is 0 Å². The molecule has 0 bridgehead atoms. The van der Waals surface area contributed by atoms with Gasteiger partial charge >= 0.3 is 12.1 Å². The molecule has 1 aromatic heterocycles. The molecule has 11 heteroatoms. The number of aromatic nitrogens is 1. The Hall–Kier alpha value is -3.47. The number of hydrogen-bond acceptors (Lipinski definition) is 7. The van der Waals surface area contributed by atoms with Crippen molar-refractivity contribution >= 4 is 39.3 Å². The van der Waals surface area contributed by atoms with E-state index in [-0.39, 0.29) is 28.2 Å². The second kappa shape index (κ2) is 11.8. The second-order valence-electron chi connectivity index (χ2n) is 11.8. The predicted octanol–water partition coefficient (Wildman–Crippen LogP) is 5.69. The van der Waals surface area contributed by atoms with E-state index in [9.17, 15) is 23.1 Å². The van der Waals surface area contributed by atoms with Crippen molar-refractivity contribution in [3.8, 4) is 0 Å². The van der Waals surface area contributed by atoms with Crippen LogP contribution < -0.4 is 10.6 Å². The minimum absolute atomic E-state index is 0.0718. The molecule has 2 aromatic carbocycles. The fourth-order valence-corrected chi connectivity index (χ4v) is 5.86. The zero-order valence-corrected chi connectivity index (χ0v) is 25.6. The number of sulfone groups is 1. The van der Waals surface area contributed by atoms with Crippen LogP contribution in [0.25, 0.3) is 0 Å². The normalized spacial score (nSPS) is 13.8. The van der Waals surface area contributed by atoms with Gasteiger partial charge in [-0.2, -0.15) is 0 Å². The van der Waals surface area contributed by atoms with Gasteiger partial charge in [0.25, 0.3) is 0 Å². The van der Waals surface area contributed by atoms with E-state index in [4.69, 9.17) is 22.1 Å². The monoisotopic (exact) mass is 601 g/mol. The zero-order chi connectivity index (χ0) is 30.8. The van der Waals surface area contributed by atoms with Gasteiger partial charge in [-0.15, -0.1) is 0 Å². The fourth-order valence-electron chi connectivity index (χ4n) is 4.07. The van der Waals surface area contributed by atoms with Gasteiger partial charge in [0, 0.05) is 11.4 Å². The zero-order valence-electron chi connectivity index (χ0n) is 24.0. The molecule has 220 valence electrons. The predicted molar refractivity (Wildman–Crippen MR) is 159 cm³/mol. The van der Waals surface area contributed by atoms with E-state index in [1.807, 2.05) is 24.3 Å². The fraction of sp³-hybridized carbons (Fsp3) is 0.367. The Morgan fingerprint density at radius 2 is 1.54 bits per heavy atom. The van der Waals surface area contributed by atoms with Crippen molar-refractivity contribution in [2.75, 3.05) is 11.4 Å². The number of nitrogens with two attached hydrogens (primary N) is 1. The first-order chi connectivity index (χ1) is 18.8. The highest BCUT2D eigenvalue weighted by atomic mass is 35.5. The molecular weight excluding hydrogens is 566 g/mol. The van der Waals surface area contributed by atoms with E-state index in [2.05, 4.69) is 25.8 Å². The summed E-state index contributed by atoms with van der Waals surface area (Å²) in [6.07, 6.45) is -1.12. The Kier molecular flexibility index (Phi) is 9.22. The number of carbonyl (C=O) groups is 2. The van der Waals surface area contributed by atoms with E-state index in [1.54, 1.807) is 20.8 Å². The molecule has 1 heterocycles. The molecule has 0 saturated carbocycles. The number of carbonyl (C=O) groups excluding carboxylic acids is 1. The van der Waals surface area contributed by atoms with E-state index in [0.717, 1.165) is 10.5 Å². The quantitative estimate of drug-likeness (QED) is 0.336. The number of amides is 1. The molecule has 3 N–H and O–H groups in total. The molecule has 1 unspecified atom stereocenters. The van der Waals surface area contributed by atoms with Crippen LogP contribution in [0.5, 0.6) is 0 Å². The van der Waals surface area contributed by atoms with Gasteiger partial charge < -0.3 is 15.6 Å². The van der Waals surface area contributed by atoms with Gasteiger partial charge in [-0.3, -0.25) is 9.69 Å². The molecule has 1 atom stereocenters. The molecule has 3 rings (SSSR count). The molecule has 0 spiro atoms. The maximum absolute atomic E-state index is 14.2. The summed E-state index contributed by atoms with van der Waals surface area (Å²) in [6.45, 7) is 10.4. The highest BCUT2D eigenvalue weighted by Gasteiger charge is 2.45. The highest BCUT2D eigenvalue weighted by Crippen LogP contribution is 2.35. The summed E-state index contributed by atoms with van der Waals surface area (Å²) < 4.78 is 33.7. The average molecular weight is 602 g/mol. The number of benzene rings is 2. The van der Waals surface area contributed by atoms with Crippen molar-refractivity contribution in [2.45, 2.75) is 68.7 Å². The lowest BCUT2D eigenvalue weighted by atomic mass is 9.86. The van der Waals surface area contributed by atoms with Crippen molar-refractivity contribution in [1.82, 2.24) is 4.98 Å². The molecule has 0 aliphatic heterocycles. The largest absolute Gasteiger partial charge is 0.480 e. The molecule has 0 aliphatic carbocycles. The topological polar surface area (TPSA) is 140 Å². The maximum atomic E-state index is 14.2.